The van der Waals surface area contributed by atoms with Crippen LogP contribution in [0.2, 0.25) is 0 Å². The molecule has 1 rings (SSSR count). The smallest absolute Gasteiger partial charge is 0.189 e. The summed E-state index contributed by atoms with van der Waals surface area (Å²) in [6.45, 7) is 7.78. The standard InChI is InChI=1S/C12H18N4S/c1-4-16(5-2)12(17)15-14-10(3)11-8-6-7-9-13-11/h6-9H,4-5H2,1-3H3,(H,15,17)/b14-10-. The van der Waals surface area contributed by atoms with Gasteiger partial charge < -0.3 is 4.90 Å². The summed E-state index contributed by atoms with van der Waals surface area (Å²) >= 11 is 5.23. The van der Waals surface area contributed by atoms with Crippen molar-refractivity contribution in [2.45, 2.75) is 20.8 Å². The average Bonchev–Trinajstić information content (AvgIpc) is 2.38. The zero-order chi connectivity index (χ0) is 12.7. The summed E-state index contributed by atoms with van der Waals surface area (Å²) in [5.41, 5.74) is 4.56. The summed E-state index contributed by atoms with van der Waals surface area (Å²) in [7, 11) is 0. The Morgan fingerprint density at radius 3 is 2.65 bits per heavy atom. The van der Waals surface area contributed by atoms with Crippen molar-refractivity contribution in [3.63, 3.8) is 0 Å². The summed E-state index contributed by atoms with van der Waals surface area (Å²) in [4.78, 5) is 6.25. The first-order chi connectivity index (χ1) is 8.19. The molecule has 1 aromatic rings. The fraction of sp³-hybridized carbons (Fsp3) is 0.417. The largest absolute Gasteiger partial charge is 0.348 e. The lowest BCUT2D eigenvalue weighted by molar-refractivity contribution is 0.458. The Balaban J connectivity index is 2.62. The van der Waals surface area contributed by atoms with Gasteiger partial charge in [0, 0.05) is 19.3 Å². The van der Waals surface area contributed by atoms with Gasteiger partial charge in [-0.2, -0.15) is 5.10 Å². The van der Waals surface area contributed by atoms with Gasteiger partial charge in [-0.05, 0) is 45.1 Å². The van der Waals surface area contributed by atoms with Crippen molar-refractivity contribution in [2.24, 2.45) is 5.10 Å². The number of hydrogen-bond acceptors (Lipinski definition) is 3. The van der Waals surface area contributed by atoms with Crippen LogP contribution >= 0.6 is 12.2 Å². The van der Waals surface area contributed by atoms with E-state index >= 15 is 0 Å². The van der Waals surface area contributed by atoms with Crippen LogP contribution in [0, 0.1) is 0 Å². The molecular formula is C12H18N4S. The highest BCUT2D eigenvalue weighted by Gasteiger charge is 2.03. The molecular weight excluding hydrogens is 232 g/mol. The van der Waals surface area contributed by atoms with E-state index in [2.05, 4.69) is 29.4 Å². The molecule has 0 fully saturated rings. The Morgan fingerprint density at radius 2 is 2.12 bits per heavy atom. The highest BCUT2D eigenvalue weighted by atomic mass is 32.1. The molecule has 1 N–H and O–H groups in total. The number of nitrogens with one attached hydrogen (secondary N) is 1. The quantitative estimate of drug-likeness (QED) is 0.504. The Labute approximate surface area is 108 Å². The minimum absolute atomic E-state index is 0.644. The Kier molecular flexibility index (Phi) is 5.56. The second kappa shape index (κ2) is 6.96. The van der Waals surface area contributed by atoms with Crippen molar-refractivity contribution < 1.29 is 0 Å². The van der Waals surface area contributed by atoms with Crippen LogP contribution < -0.4 is 5.43 Å². The molecule has 0 aliphatic rings. The molecule has 0 unspecified atom stereocenters. The molecule has 92 valence electrons. The lowest BCUT2D eigenvalue weighted by Gasteiger charge is -2.20. The van der Waals surface area contributed by atoms with E-state index in [0.29, 0.717) is 5.11 Å². The van der Waals surface area contributed by atoms with Gasteiger partial charge in [0.1, 0.15) is 0 Å². The third-order valence-electron chi connectivity index (χ3n) is 2.41. The second-order valence-corrected chi connectivity index (χ2v) is 3.89. The Bertz CT molecular complexity index is 385. The van der Waals surface area contributed by atoms with E-state index in [-0.39, 0.29) is 0 Å². The highest BCUT2D eigenvalue weighted by molar-refractivity contribution is 7.80. The Hall–Kier alpha value is -1.49. The zero-order valence-electron chi connectivity index (χ0n) is 10.5. The van der Waals surface area contributed by atoms with Crippen LogP contribution in [0.4, 0.5) is 0 Å². The third kappa shape index (κ3) is 4.11. The maximum Gasteiger partial charge on any atom is 0.189 e. The van der Waals surface area contributed by atoms with Gasteiger partial charge in [0.25, 0.3) is 0 Å². The summed E-state index contributed by atoms with van der Waals surface area (Å²) in [6.07, 6.45) is 1.75. The third-order valence-corrected chi connectivity index (χ3v) is 2.75. The van der Waals surface area contributed by atoms with E-state index in [1.54, 1.807) is 6.20 Å². The van der Waals surface area contributed by atoms with E-state index in [1.807, 2.05) is 30.0 Å². The summed E-state index contributed by atoms with van der Waals surface area (Å²) in [5.74, 6) is 0. The van der Waals surface area contributed by atoms with Crippen LogP contribution in [0.15, 0.2) is 29.5 Å². The Morgan fingerprint density at radius 1 is 1.41 bits per heavy atom. The molecule has 1 aromatic heterocycles. The summed E-state index contributed by atoms with van der Waals surface area (Å²) < 4.78 is 0. The zero-order valence-corrected chi connectivity index (χ0v) is 11.3. The summed E-state index contributed by atoms with van der Waals surface area (Å²) in [5, 5.41) is 4.88. The predicted octanol–water partition coefficient (Wildman–Crippen LogP) is 2.02. The molecule has 17 heavy (non-hydrogen) atoms. The molecule has 0 aromatic carbocycles. The van der Waals surface area contributed by atoms with Crippen LogP contribution in [0.1, 0.15) is 26.5 Å². The minimum Gasteiger partial charge on any atom is -0.348 e. The molecule has 0 radical (unpaired) electrons. The summed E-state index contributed by atoms with van der Waals surface area (Å²) in [6, 6.07) is 5.73. The van der Waals surface area contributed by atoms with Gasteiger partial charge in [-0.25, -0.2) is 0 Å². The number of aromatic nitrogens is 1. The van der Waals surface area contributed by atoms with E-state index < -0.39 is 0 Å². The van der Waals surface area contributed by atoms with Gasteiger partial charge in [0.2, 0.25) is 0 Å². The van der Waals surface area contributed by atoms with Crippen molar-refractivity contribution in [3.8, 4) is 0 Å². The highest BCUT2D eigenvalue weighted by Crippen LogP contribution is 1.96. The molecule has 0 bridgehead atoms. The van der Waals surface area contributed by atoms with Crippen molar-refractivity contribution in [1.29, 1.82) is 0 Å². The first-order valence-electron chi connectivity index (χ1n) is 5.69. The number of nitrogens with zero attached hydrogens (tertiary/aromatic N) is 3. The predicted molar refractivity (Wildman–Crippen MR) is 75.1 cm³/mol. The first kappa shape index (κ1) is 13.6. The molecule has 0 aliphatic heterocycles. The first-order valence-corrected chi connectivity index (χ1v) is 6.10. The van der Waals surface area contributed by atoms with Crippen molar-refractivity contribution >= 4 is 23.0 Å². The molecule has 0 saturated carbocycles. The molecule has 0 amide bonds. The topological polar surface area (TPSA) is 40.5 Å². The van der Waals surface area contributed by atoms with E-state index in [1.165, 1.54) is 0 Å². The fourth-order valence-electron chi connectivity index (χ4n) is 1.35. The monoisotopic (exact) mass is 250 g/mol. The maximum atomic E-state index is 5.23. The lowest BCUT2D eigenvalue weighted by atomic mass is 10.3. The number of hydrogen-bond donors (Lipinski definition) is 1. The second-order valence-electron chi connectivity index (χ2n) is 3.50. The van der Waals surface area contributed by atoms with Gasteiger partial charge in [-0.3, -0.25) is 10.4 Å². The number of thiocarbonyl (C=S) groups is 1. The molecule has 1 heterocycles. The number of hydrazone groups is 1. The van der Waals surface area contributed by atoms with Crippen LogP contribution in [0.25, 0.3) is 0 Å². The van der Waals surface area contributed by atoms with Gasteiger partial charge in [0.05, 0.1) is 11.4 Å². The molecule has 0 spiro atoms. The van der Waals surface area contributed by atoms with Crippen molar-refractivity contribution in [3.05, 3.63) is 30.1 Å². The van der Waals surface area contributed by atoms with Gasteiger partial charge in [0.15, 0.2) is 5.11 Å². The maximum absolute atomic E-state index is 5.23. The molecule has 0 atom stereocenters. The van der Waals surface area contributed by atoms with Crippen molar-refractivity contribution in [1.82, 2.24) is 15.3 Å². The van der Waals surface area contributed by atoms with Crippen LogP contribution in [-0.4, -0.2) is 33.8 Å². The van der Waals surface area contributed by atoms with E-state index in [0.717, 1.165) is 24.5 Å². The SMILES string of the molecule is CCN(CC)C(=S)N/N=C(/C)c1ccccn1. The molecule has 4 nitrogen and oxygen atoms in total. The average molecular weight is 250 g/mol. The van der Waals surface area contributed by atoms with E-state index in [9.17, 15) is 0 Å². The fourth-order valence-corrected chi connectivity index (χ4v) is 1.65. The normalized spacial score (nSPS) is 11.1. The molecule has 5 heteroatoms. The molecule has 0 aliphatic carbocycles. The number of rotatable bonds is 4. The van der Waals surface area contributed by atoms with Gasteiger partial charge >= 0.3 is 0 Å². The van der Waals surface area contributed by atoms with Crippen LogP contribution in [0.3, 0.4) is 0 Å². The van der Waals surface area contributed by atoms with Crippen LogP contribution in [-0.2, 0) is 0 Å². The molecule has 0 saturated heterocycles. The lowest BCUT2D eigenvalue weighted by Crippen LogP contribution is -2.37. The van der Waals surface area contributed by atoms with Gasteiger partial charge in [-0.15, -0.1) is 0 Å². The minimum atomic E-state index is 0.644. The van der Waals surface area contributed by atoms with Gasteiger partial charge in [-0.1, -0.05) is 6.07 Å². The number of pyridine rings is 1. The van der Waals surface area contributed by atoms with Crippen LogP contribution in [0.5, 0.6) is 0 Å². The van der Waals surface area contributed by atoms with E-state index in [4.69, 9.17) is 12.2 Å². The van der Waals surface area contributed by atoms with Crippen molar-refractivity contribution in [2.75, 3.05) is 13.1 Å².